The molecule has 0 unspecified atom stereocenters. The highest BCUT2D eigenvalue weighted by Gasteiger charge is 2.18. The molecule has 282 valence electrons. The summed E-state index contributed by atoms with van der Waals surface area (Å²) in [6.45, 7) is 0. The van der Waals surface area contributed by atoms with Crippen LogP contribution in [0.2, 0.25) is 0 Å². The first kappa shape index (κ1) is 35.2. The van der Waals surface area contributed by atoms with Crippen molar-refractivity contribution in [3.63, 3.8) is 0 Å². The van der Waals surface area contributed by atoms with E-state index in [4.69, 9.17) is 0 Å². The van der Waals surface area contributed by atoms with E-state index in [0.29, 0.717) is 0 Å². The summed E-state index contributed by atoms with van der Waals surface area (Å²) in [6.07, 6.45) is 0. The van der Waals surface area contributed by atoms with Gasteiger partial charge in [0.1, 0.15) is 0 Å². The molecular formula is C58H40N2. The van der Waals surface area contributed by atoms with Crippen LogP contribution in [0.1, 0.15) is 0 Å². The Bertz CT molecular complexity index is 3210. The molecule has 0 fully saturated rings. The van der Waals surface area contributed by atoms with Crippen molar-refractivity contribution in [3.05, 3.63) is 243 Å². The molecule has 2 heteroatoms. The lowest BCUT2D eigenvalue weighted by molar-refractivity contribution is 1.18. The average molecular weight is 765 g/mol. The Morgan fingerprint density at radius 2 is 0.700 bits per heavy atom. The van der Waals surface area contributed by atoms with Gasteiger partial charge in [-0.25, -0.2) is 0 Å². The first-order chi connectivity index (χ1) is 29.8. The predicted molar refractivity (Wildman–Crippen MR) is 255 cm³/mol. The minimum absolute atomic E-state index is 1.09. The van der Waals surface area contributed by atoms with E-state index >= 15 is 0 Å². The van der Waals surface area contributed by atoms with Crippen LogP contribution in [-0.4, -0.2) is 4.57 Å². The van der Waals surface area contributed by atoms with E-state index in [1.54, 1.807) is 0 Å². The summed E-state index contributed by atoms with van der Waals surface area (Å²) in [5.74, 6) is 0. The van der Waals surface area contributed by atoms with Crippen molar-refractivity contribution < 1.29 is 0 Å². The Balaban J connectivity index is 1.03. The minimum atomic E-state index is 1.09. The molecule has 0 bridgehead atoms. The van der Waals surface area contributed by atoms with E-state index in [0.717, 1.165) is 28.3 Å². The number of aromatic nitrogens is 1. The van der Waals surface area contributed by atoms with Crippen LogP contribution < -0.4 is 4.90 Å². The molecule has 0 aliphatic heterocycles. The molecule has 10 aromatic carbocycles. The van der Waals surface area contributed by atoms with Crippen LogP contribution >= 0.6 is 0 Å². The molecule has 0 saturated heterocycles. The fourth-order valence-electron chi connectivity index (χ4n) is 8.92. The summed E-state index contributed by atoms with van der Waals surface area (Å²) in [7, 11) is 0. The van der Waals surface area contributed by atoms with E-state index < -0.39 is 0 Å². The normalized spacial score (nSPS) is 11.3. The minimum Gasteiger partial charge on any atom is -0.311 e. The zero-order valence-corrected chi connectivity index (χ0v) is 33.0. The Hall–Kier alpha value is -7.94. The molecule has 60 heavy (non-hydrogen) atoms. The summed E-state index contributed by atoms with van der Waals surface area (Å²) in [5, 5.41) is 5.02. The number of hydrogen-bond donors (Lipinski definition) is 0. The number of hydrogen-bond acceptors (Lipinski definition) is 1. The van der Waals surface area contributed by atoms with Gasteiger partial charge in [-0.1, -0.05) is 182 Å². The van der Waals surface area contributed by atoms with Crippen LogP contribution in [0.25, 0.3) is 82.8 Å². The molecule has 1 heterocycles. The van der Waals surface area contributed by atoms with Crippen LogP contribution in [-0.2, 0) is 0 Å². The standard InChI is InChI=1S/C58H40N2/c1-3-14-41(15-4-1)42-26-32-47(33-27-42)59(48-34-28-45(29-35-48)52-23-13-19-44-18-7-8-20-51(44)52)49-36-30-46(31-37-49)56-40-50(38-39-53(56)43-16-5-2-6-17-43)60-57-24-11-9-21-54(57)55-22-10-12-25-58(55)60/h1-40H. The summed E-state index contributed by atoms with van der Waals surface area (Å²) in [5.41, 5.74) is 16.4. The maximum absolute atomic E-state index is 2.40. The van der Waals surface area contributed by atoms with Gasteiger partial charge in [-0.2, -0.15) is 0 Å². The molecule has 1 aromatic heterocycles. The number of fused-ring (bicyclic) bond motifs is 4. The van der Waals surface area contributed by atoms with Gasteiger partial charge in [0.2, 0.25) is 0 Å². The third-order valence-electron chi connectivity index (χ3n) is 11.8. The first-order valence-electron chi connectivity index (χ1n) is 20.6. The molecule has 0 aliphatic rings. The van der Waals surface area contributed by atoms with Gasteiger partial charge < -0.3 is 9.47 Å². The van der Waals surface area contributed by atoms with Gasteiger partial charge in [0.15, 0.2) is 0 Å². The van der Waals surface area contributed by atoms with Crippen molar-refractivity contribution in [2.75, 3.05) is 4.90 Å². The van der Waals surface area contributed by atoms with Gasteiger partial charge in [-0.3, -0.25) is 0 Å². The van der Waals surface area contributed by atoms with Crippen molar-refractivity contribution in [3.8, 4) is 50.2 Å². The van der Waals surface area contributed by atoms with Gasteiger partial charge in [0.05, 0.1) is 11.0 Å². The van der Waals surface area contributed by atoms with E-state index in [9.17, 15) is 0 Å². The molecule has 0 amide bonds. The van der Waals surface area contributed by atoms with E-state index in [-0.39, 0.29) is 0 Å². The smallest absolute Gasteiger partial charge is 0.0541 e. The van der Waals surface area contributed by atoms with E-state index in [1.165, 1.54) is 71.5 Å². The van der Waals surface area contributed by atoms with Gasteiger partial charge in [0.25, 0.3) is 0 Å². The quantitative estimate of drug-likeness (QED) is 0.150. The second-order valence-electron chi connectivity index (χ2n) is 15.3. The van der Waals surface area contributed by atoms with Gasteiger partial charge in [-0.15, -0.1) is 0 Å². The first-order valence-corrected chi connectivity index (χ1v) is 20.6. The molecule has 11 aromatic rings. The molecule has 0 atom stereocenters. The fraction of sp³-hybridized carbons (Fsp3) is 0. The predicted octanol–water partition coefficient (Wildman–Crippen LogP) is 16.1. The summed E-state index contributed by atoms with van der Waals surface area (Å²) in [6, 6.07) is 87.8. The van der Waals surface area contributed by atoms with Crippen LogP contribution in [0.4, 0.5) is 17.1 Å². The van der Waals surface area contributed by atoms with Crippen molar-refractivity contribution in [2.24, 2.45) is 0 Å². The Morgan fingerprint density at radius 3 is 1.30 bits per heavy atom. The highest BCUT2D eigenvalue weighted by Crippen LogP contribution is 2.41. The van der Waals surface area contributed by atoms with Crippen molar-refractivity contribution in [1.82, 2.24) is 4.57 Å². The maximum atomic E-state index is 2.40. The number of para-hydroxylation sites is 2. The largest absolute Gasteiger partial charge is 0.311 e. The second kappa shape index (κ2) is 15.1. The van der Waals surface area contributed by atoms with Crippen LogP contribution in [0, 0.1) is 0 Å². The van der Waals surface area contributed by atoms with Crippen LogP contribution in [0.15, 0.2) is 243 Å². The third-order valence-corrected chi connectivity index (χ3v) is 11.8. The summed E-state index contributed by atoms with van der Waals surface area (Å²) < 4.78 is 2.40. The maximum Gasteiger partial charge on any atom is 0.0541 e. The van der Waals surface area contributed by atoms with E-state index in [1.807, 2.05) is 0 Å². The third kappa shape index (κ3) is 6.32. The average Bonchev–Trinajstić information content (AvgIpc) is 3.67. The SMILES string of the molecule is c1ccc(-c2ccc(N(c3ccc(-c4cc(-n5c6ccccc6c6ccccc65)ccc4-c4ccccc4)cc3)c3ccc(-c4cccc5ccccc45)cc3)cc2)cc1. The molecule has 0 aliphatic carbocycles. The van der Waals surface area contributed by atoms with E-state index in [2.05, 4.69) is 252 Å². The number of anilines is 3. The molecule has 0 spiro atoms. The number of rotatable bonds is 8. The van der Waals surface area contributed by atoms with Gasteiger partial charge >= 0.3 is 0 Å². The molecule has 0 N–H and O–H groups in total. The summed E-state index contributed by atoms with van der Waals surface area (Å²) >= 11 is 0. The Labute approximate surface area is 350 Å². The highest BCUT2D eigenvalue weighted by atomic mass is 15.1. The van der Waals surface area contributed by atoms with Gasteiger partial charge in [0, 0.05) is 33.5 Å². The lowest BCUT2D eigenvalue weighted by atomic mass is 9.93. The molecule has 0 saturated carbocycles. The summed E-state index contributed by atoms with van der Waals surface area (Å²) in [4.78, 5) is 2.36. The zero-order valence-electron chi connectivity index (χ0n) is 33.0. The second-order valence-corrected chi connectivity index (χ2v) is 15.3. The topological polar surface area (TPSA) is 8.17 Å². The highest BCUT2D eigenvalue weighted by molar-refractivity contribution is 6.09. The Morgan fingerprint density at radius 1 is 0.267 bits per heavy atom. The number of benzene rings is 10. The number of nitrogens with zero attached hydrogens (tertiary/aromatic N) is 2. The lowest BCUT2D eigenvalue weighted by Crippen LogP contribution is -2.09. The van der Waals surface area contributed by atoms with Crippen molar-refractivity contribution in [2.45, 2.75) is 0 Å². The zero-order chi connectivity index (χ0) is 39.8. The fourth-order valence-corrected chi connectivity index (χ4v) is 8.92. The van der Waals surface area contributed by atoms with Crippen LogP contribution in [0.5, 0.6) is 0 Å². The monoisotopic (exact) mass is 764 g/mol. The molecule has 2 nitrogen and oxygen atoms in total. The molecule has 0 radical (unpaired) electrons. The van der Waals surface area contributed by atoms with Gasteiger partial charge in [-0.05, 0) is 116 Å². The Kier molecular flexibility index (Phi) is 8.87. The molecular weight excluding hydrogens is 725 g/mol. The van der Waals surface area contributed by atoms with Crippen LogP contribution in [0.3, 0.4) is 0 Å². The van der Waals surface area contributed by atoms with Crippen molar-refractivity contribution >= 4 is 49.6 Å². The van der Waals surface area contributed by atoms with Crippen molar-refractivity contribution in [1.29, 1.82) is 0 Å². The molecule has 11 rings (SSSR count). The lowest BCUT2D eigenvalue weighted by Gasteiger charge is -2.26.